The van der Waals surface area contributed by atoms with Crippen molar-refractivity contribution in [2.75, 3.05) is 4.72 Å². The number of nitrogens with one attached hydrogen (secondary N) is 1. The average molecular weight is 453 g/mol. The predicted molar refractivity (Wildman–Crippen MR) is 117 cm³/mol. The molecule has 0 saturated heterocycles. The van der Waals surface area contributed by atoms with Crippen LogP contribution in [0.3, 0.4) is 0 Å². The maximum atomic E-state index is 13.4. The third kappa shape index (κ3) is 4.59. The van der Waals surface area contributed by atoms with Crippen LogP contribution in [0, 0.1) is 26.6 Å². The van der Waals surface area contributed by atoms with Gasteiger partial charge in [-0.1, -0.05) is 6.07 Å². The van der Waals surface area contributed by atoms with Gasteiger partial charge < -0.3 is 4.74 Å². The molecular formula is C22H20FN5O3S. The number of hydrogen-bond donors (Lipinski definition) is 1. The van der Waals surface area contributed by atoms with Gasteiger partial charge in [-0.15, -0.1) is 0 Å². The van der Waals surface area contributed by atoms with E-state index in [1.54, 1.807) is 43.6 Å². The normalized spacial score (nSPS) is 11.4. The standard InChI is InChI=1S/C22H20FN5O3S/c1-14-15(2)28(13-24-14)21-12-22(26-16(3)25-21)31-19-9-7-18(8-10-19)27-32(29,30)20-6-4-5-17(23)11-20/h4-13,27H,1-3H3. The number of aryl methyl sites for hydroxylation is 2. The lowest BCUT2D eigenvalue weighted by Gasteiger charge is -2.11. The Morgan fingerprint density at radius 2 is 1.75 bits per heavy atom. The molecule has 4 rings (SSSR count). The lowest BCUT2D eigenvalue weighted by Crippen LogP contribution is -2.13. The summed E-state index contributed by atoms with van der Waals surface area (Å²) in [5, 5.41) is 0. The molecular weight excluding hydrogens is 433 g/mol. The van der Waals surface area contributed by atoms with Crippen LogP contribution < -0.4 is 9.46 Å². The highest BCUT2D eigenvalue weighted by Crippen LogP contribution is 2.25. The predicted octanol–water partition coefficient (Wildman–Crippen LogP) is 4.32. The molecule has 0 fully saturated rings. The van der Waals surface area contributed by atoms with Gasteiger partial charge in [-0.2, -0.15) is 4.98 Å². The number of halogens is 1. The largest absolute Gasteiger partial charge is 0.439 e. The number of ether oxygens (including phenoxy) is 1. The molecule has 0 radical (unpaired) electrons. The summed E-state index contributed by atoms with van der Waals surface area (Å²) in [5.41, 5.74) is 2.18. The number of rotatable bonds is 6. The monoisotopic (exact) mass is 453 g/mol. The van der Waals surface area contributed by atoms with E-state index in [1.807, 2.05) is 18.4 Å². The van der Waals surface area contributed by atoms with Gasteiger partial charge in [0.2, 0.25) is 5.88 Å². The van der Waals surface area contributed by atoms with Crippen LogP contribution >= 0.6 is 0 Å². The zero-order valence-corrected chi connectivity index (χ0v) is 18.4. The molecule has 0 aliphatic rings. The van der Waals surface area contributed by atoms with Crippen molar-refractivity contribution in [1.82, 2.24) is 19.5 Å². The van der Waals surface area contributed by atoms with Crippen LogP contribution in [0.1, 0.15) is 17.2 Å². The Labute approximate surface area is 184 Å². The average Bonchev–Trinajstić information content (AvgIpc) is 3.07. The van der Waals surface area contributed by atoms with Gasteiger partial charge in [0, 0.05) is 17.4 Å². The van der Waals surface area contributed by atoms with Crippen LogP contribution in [0.4, 0.5) is 10.1 Å². The molecule has 0 aliphatic carbocycles. The van der Waals surface area contributed by atoms with Crippen molar-refractivity contribution in [3.63, 3.8) is 0 Å². The maximum Gasteiger partial charge on any atom is 0.261 e. The van der Waals surface area contributed by atoms with Crippen molar-refractivity contribution in [3.05, 3.63) is 84.0 Å². The highest BCUT2D eigenvalue weighted by Gasteiger charge is 2.15. The molecule has 0 unspecified atom stereocenters. The van der Waals surface area contributed by atoms with Crippen molar-refractivity contribution in [1.29, 1.82) is 0 Å². The quantitative estimate of drug-likeness (QED) is 0.467. The van der Waals surface area contributed by atoms with E-state index < -0.39 is 15.8 Å². The fourth-order valence-corrected chi connectivity index (χ4v) is 4.08. The van der Waals surface area contributed by atoms with E-state index in [9.17, 15) is 12.8 Å². The molecule has 2 aromatic heterocycles. The fraction of sp³-hybridized carbons (Fsp3) is 0.136. The lowest BCUT2D eigenvalue weighted by atomic mass is 10.3. The van der Waals surface area contributed by atoms with E-state index in [0.717, 1.165) is 17.5 Å². The number of sulfonamides is 1. The van der Waals surface area contributed by atoms with E-state index >= 15 is 0 Å². The zero-order chi connectivity index (χ0) is 22.9. The van der Waals surface area contributed by atoms with Gasteiger partial charge >= 0.3 is 0 Å². The Morgan fingerprint density at radius 3 is 2.41 bits per heavy atom. The minimum Gasteiger partial charge on any atom is -0.439 e. The molecule has 2 heterocycles. The molecule has 1 N–H and O–H groups in total. The van der Waals surface area contributed by atoms with Crippen molar-refractivity contribution < 1.29 is 17.5 Å². The lowest BCUT2D eigenvalue weighted by molar-refractivity contribution is 0.459. The van der Waals surface area contributed by atoms with Crippen LogP contribution in [0.2, 0.25) is 0 Å². The third-order valence-electron chi connectivity index (χ3n) is 4.73. The number of imidazole rings is 1. The molecule has 0 amide bonds. The molecule has 164 valence electrons. The van der Waals surface area contributed by atoms with Gasteiger partial charge in [0.15, 0.2) is 0 Å². The highest BCUT2D eigenvalue weighted by atomic mass is 32.2. The second-order valence-corrected chi connectivity index (χ2v) is 8.77. The molecule has 0 bridgehead atoms. The van der Waals surface area contributed by atoms with E-state index in [1.165, 1.54) is 18.2 Å². The topological polar surface area (TPSA) is 99.0 Å². The molecule has 0 saturated carbocycles. The SMILES string of the molecule is Cc1nc(Oc2ccc(NS(=O)(=O)c3cccc(F)c3)cc2)cc(-n2cnc(C)c2C)n1. The fourth-order valence-electron chi connectivity index (χ4n) is 2.99. The minimum absolute atomic E-state index is 0.160. The second kappa shape index (κ2) is 8.39. The molecule has 2 aromatic carbocycles. The minimum atomic E-state index is -3.91. The van der Waals surface area contributed by atoms with Crippen LogP contribution in [-0.2, 0) is 10.0 Å². The van der Waals surface area contributed by atoms with Gasteiger partial charge in [-0.3, -0.25) is 9.29 Å². The van der Waals surface area contributed by atoms with Crippen LogP contribution in [0.15, 0.2) is 65.8 Å². The van der Waals surface area contributed by atoms with E-state index in [0.29, 0.717) is 29.0 Å². The summed E-state index contributed by atoms with van der Waals surface area (Å²) >= 11 is 0. The Kier molecular flexibility index (Phi) is 5.62. The highest BCUT2D eigenvalue weighted by molar-refractivity contribution is 7.92. The second-order valence-electron chi connectivity index (χ2n) is 7.09. The van der Waals surface area contributed by atoms with Crippen molar-refractivity contribution >= 4 is 15.7 Å². The zero-order valence-electron chi connectivity index (χ0n) is 17.6. The van der Waals surface area contributed by atoms with Crippen molar-refractivity contribution in [2.24, 2.45) is 0 Å². The van der Waals surface area contributed by atoms with Gasteiger partial charge in [0.1, 0.15) is 29.5 Å². The summed E-state index contributed by atoms with van der Waals surface area (Å²) in [4.78, 5) is 12.9. The Morgan fingerprint density at radius 1 is 1.00 bits per heavy atom. The molecule has 32 heavy (non-hydrogen) atoms. The Balaban J connectivity index is 1.52. The molecule has 10 heteroatoms. The first-order valence-corrected chi connectivity index (χ1v) is 11.1. The number of benzene rings is 2. The van der Waals surface area contributed by atoms with Gasteiger partial charge in [0.05, 0.1) is 10.6 Å². The van der Waals surface area contributed by atoms with Crippen molar-refractivity contribution in [2.45, 2.75) is 25.7 Å². The van der Waals surface area contributed by atoms with E-state index in [2.05, 4.69) is 19.7 Å². The summed E-state index contributed by atoms with van der Waals surface area (Å²) in [5.74, 6) is 1.33. The molecule has 0 atom stereocenters. The van der Waals surface area contributed by atoms with Crippen molar-refractivity contribution in [3.8, 4) is 17.4 Å². The van der Waals surface area contributed by atoms with Crippen LogP contribution in [0.25, 0.3) is 5.82 Å². The Bertz CT molecular complexity index is 1390. The number of hydrogen-bond acceptors (Lipinski definition) is 6. The van der Waals surface area contributed by atoms with Crippen LogP contribution in [0.5, 0.6) is 11.6 Å². The number of nitrogens with zero attached hydrogens (tertiary/aromatic N) is 4. The first-order valence-electron chi connectivity index (χ1n) is 9.64. The summed E-state index contributed by atoms with van der Waals surface area (Å²) in [6.07, 6.45) is 1.69. The number of aromatic nitrogens is 4. The van der Waals surface area contributed by atoms with E-state index in [4.69, 9.17) is 4.74 Å². The summed E-state index contributed by atoms with van der Waals surface area (Å²) in [6.45, 7) is 5.63. The van der Waals surface area contributed by atoms with E-state index in [-0.39, 0.29) is 4.90 Å². The summed E-state index contributed by atoms with van der Waals surface area (Å²) in [7, 11) is -3.91. The molecule has 0 spiro atoms. The first-order chi connectivity index (χ1) is 15.2. The summed E-state index contributed by atoms with van der Waals surface area (Å²) in [6, 6.07) is 12.8. The first kappa shape index (κ1) is 21.4. The molecule has 0 aliphatic heterocycles. The molecule has 8 nitrogen and oxygen atoms in total. The smallest absolute Gasteiger partial charge is 0.261 e. The van der Waals surface area contributed by atoms with Gasteiger partial charge in [-0.05, 0) is 63.2 Å². The summed E-state index contributed by atoms with van der Waals surface area (Å²) < 4.78 is 48.3. The van der Waals surface area contributed by atoms with Gasteiger partial charge in [-0.25, -0.2) is 22.8 Å². The van der Waals surface area contributed by atoms with Gasteiger partial charge in [0.25, 0.3) is 10.0 Å². The number of anilines is 1. The maximum absolute atomic E-state index is 13.4. The third-order valence-corrected chi connectivity index (χ3v) is 6.11. The molecule has 4 aromatic rings. The Hall–Kier alpha value is -3.79. The van der Waals surface area contributed by atoms with Crippen LogP contribution in [-0.4, -0.2) is 27.9 Å².